The lowest BCUT2D eigenvalue weighted by Gasteiger charge is -2.28. The minimum atomic E-state index is -0.692. The molecule has 2 N–H and O–H groups in total. The lowest BCUT2D eigenvalue weighted by molar-refractivity contribution is 0.224. The molecule has 0 bridgehead atoms. The van der Waals surface area contributed by atoms with Crippen LogP contribution in [0.1, 0.15) is 5.56 Å². The number of ether oxygens (including phenoxy) is 2. The number of benzene rings is 1. The number of piperazine rings is 1. The number of rotatable bonds is 4. The van der Waals surface area contributed by atoms with Gasteiger partial charge in [0.1, 0.15) is 0 Å². The summed E-state index contributed by atoms with van der Waals surface area (Å²) < 4.78 is 24.0. The highest BCUT2D eigenvalue weighted by Gasteiger charge is 2.22. The maximum atomic E-state index is 13.7. The van der Waals surface area contributed by atoms with Crippen molar-refractivity contribution in [3.8, 4) is 17.2 Å². The van der Waals surface area contributed by atoms with Crippen molar-refractivity contribution < 1.29 is 19.0 Å². The summed E-state index contributed by atoms with van der Waals surface area (Å²) >= 11 is 0. The van der Waals surface area contributed by atoms with E-state index >= 15 is 0 Å². The Morgan fingerprint density at radius 3 is 2.58 bits per heavy atom. The smallest absolute Gasteiger partial charge is 0.169 e. The van der Waals surface area contributed by atoms with Gasteiger partial charge in [0, 0.05) is 38.8 Å². The van der Waals surface area contributed by atoms with Gasteiger partial charge in [-0.15, -0.1) is 0 Å². The minimum Gasteiger partial charge on any atom is -0.504 e. The normalized spacial score (nSPS) is 16.4. The average Bonchev–Trinajstić information content (AvgIpc) is 2.44. The van der Waals surface area contributed by atoms with E-state index < -0.39 is 5.82 Å². The Labute approximate surface area is 111 Å². The fourth-order valence-corrected chi connectivity index (χ4v) is 2.26. The fraction of sp³-hybridized carbons (Fsp3) is 0.538. The van der Waals surface area contributed by atoms with E-state index in [-0.39, 0.29) is 5.75 Å². The molecule has 0 amide bonds. The number of nitrogens with zero attached hydrogens (tertiary/aromatic N) is 1. The monoisotopic (exact) mass is 270 g/mol. The molecule has 0 aliphatic carbocycles. The molecular weight excluding hydrogens is 251 g/mol. The average molecular weight is 270 g/mol. The van der Waals surface area contributed by atoms with Crippen LogP contribution in [0.3, 0.4) is 0 Å². The molecule has 19 heavy (non-hydrogen) atoms. The summed E-state index contributed by atoms with van der Waals surface area (Å²) in [5.41, 5.74) is 0.432. The van der Waals surface area contributed by atoms with E-state index in [0.717, 1.165) is 32.2 Å². The Balaban J connectivity index is 2.33. The van der Waals surface area contributed by atoms with Gasteiger partial charge in [-0.1, -0.05) is 0 Å². The molecule has 106 valence electrons. The number of aromatic hydroxyl groups is 1. The maximum absolute atomic E-state index is 13.7. The Hall–Kier alpha value is -1.53. The second-order valence-corrected chi connectivity index (χ2v) is 4.45. The van der Waals surface area contributed by atoms with Gasteiger partial charge < -0.3 is 19.9 Å². The molecule has 1 aliphatic heterocycles. The largest absolute Gasteiger partial charge is 0.504 e. The van der Waals surface area contributed by atoms with Gasteiger partial charge in [0.25, 0.3) is 0 Å². The number of halogens is 1. The molecule has 0 atom stereocenters. The van der Waals surface area contributed by atoms with E-state index in [1.54, 1.807) is 0 Å². The van der Waals surface area contributed by atoms with Crippen LogP contribution in [0, 0.1) is 5.82 Å². The molecule has 1 aromatic carbocycles. The van der Waals surface area contributed by atoms with Gasteiger partial charge in [-0.25, -0.2) is 4.39 Å². The van der Waals surface area contributed by atoms with E-state index in [0.29, 0.717) is 23.6 Å². The number of phenols is 1. The lowest BCUT2D eigenvalue weighted by atomic mass is 10.1. The molecule has 0 unspecified atom stereocenters. The number of hydrogen-bond acceptors (Lipinski definition) is 5. The Morgan fingerprint density at radius 2 is 2.00 bits per heavy atom. The summed E-state index contributed by atoms with van der Waals surface area (Å²) in [6.07, 6.45) is 0. The first kappa shape index (κ1) is 13.9. The molecule has 1 saturated heterocycles. The van der Waals surface area contributed by atoms with Crippen LogP contribution >= 0.6 is 0 Å². The second-order valence-electron chi connectivity index (χ2n) is 4.45. The molecule has 1 aromatic rings. The first-order valence-corrected chi connectivity index (χ1v) is 6.22. The summed E-state index contributed by atoms with van der Waals surface area (Å²) in [7, 11) is 2.93. The zero-order valence-electron chi connectivity index (χ0n) is 11.2. The Bertz CT molecular complexity index is 448. The summed E-state index contributed by atoms with van der Waals surface area (Å²) in [4.78, 5) is 2.13. The molecule has 6 heteroatoms. The van der Waals surface area contributed by atoms with Gasteiger partial charge in [0.2, 0.25) is 0 Å². The van der Waals surface area contributed by atoms with Crippen molar-refractivity contribution >= 4 is 0 Å². The third kappa shape index (κ3) is 2.90. The molecular formula is C13H19FN2O3. The van der Waals surface area contributed by atoms with Gasteiger partial charge in [-0.05, 0) is 0 Å². The number of hydrogen-bond donors (Lipinski definition) is 2. The quantitative estimate of drug-likeness (QED) is 0.853. The first-order valence-electron chi connectivity index (χ1n) is 6.22. The maximum Gasteiger partial charge on any atom is 0.169 e. The molecule has 2 rings (SSSR count). The molecule has 0 saturated carbocycles. The van der Waals surface area contributed by atoms with E-state index in [1.165, 1.54) is 14.2 Å². The molecule has 0 aromatic heterocycles. The van der Waals surface area contributed by atoms with Crippen LogP contribution in [0.4, 0.5) is 4.39 Å². The summed E-state index contributed by atoms with van der Waals surface area (Å²) in [6.45, 7) is 3.90. The third-order valence-corrected chi connectivity index (χ3v) is 3.28. The van der Waals surface area contributed by atoms with Crippen LogP contribution in [-0.2, 0) is 6.54 Å². The van der Waals surface area contributed by atoms with Crippen LogP contribution in [0.25, 0.3) is 0 Å². The fourth-order valence-electron chi connectivity index (χ4n) is 2.26. The van der Waals surface area contributed by atoms with Gasteiger partial charge in [0.05, 0.1) is 19.8 Å². The first-order chi connectivity index (χ1) is 9.17. The van der Waals surface area contributed by atoms with Crippen molar-refractivity contribution in [1.82, 2.24) is 10.2 Å². The van der Waals surface area contributed by atoms with Crippen LogP contribution in [0.15, 0.2) is 6.07 Å². The summed E-state index contributed by atoms with van der Waals surface area (Å²) in [6, 6.07) is 1.13. The van der Waals surface area contributed by atoms with Crippen molar-refractivity contribution in [3.05, 3.63) is 17.4 Å². The van der Waals surface area contributed by atoms with Gasteiger partial charge in [0.15, 0.2) is 23.1 Å². The molecule has 0 radical (unpaired) electrons. The van der Waals surface area contributed by atoms with Crippen LogP contribution in [-0.4, -0.2) is 50.4 Å². The number of phenolic OH excluding ortho intramolecular Hbond substituents is 1. The van der Waals surface area contributed by atoms with Crippen molar-refractivity contribution in [3.63, 3.8) is 0 Å². The molecule has 1 aliphatic rings. The standard InChI is InChI=1S/C13H19FN2O3/c1-18-11-7-10(14)12(17)9(13(11)19-2)8-16-5-3-15-4-6-16/h7,15,17H,3-6,8H2,1-2H3. The Kier molecular flexibility index (Phi) is 4.44. The van der Waals surface area contributed by atoms with Crippen molar-refractivity contribution in [2.45, 2.75) is 6.54 Å². The van der Waals surface area contributed by atoms with Gasteiger partial charge >= 0.3 is 0 Å². The topological polar surface area (TPSA) is 54.0 Å². The third-order valence-electron chi connectivity index (χ3n) is 3.28. The van der Waals surface area contributed by atoms with Crippen LogP contribution < -0.4 is 14.8 Å². The van der Waals surface area contributed by atoms with Crippen molar-refractivity contribution in [1.29, 1.82) is 0 Å². The predicted molar refractivity (Wildman–Crippen MR) is 69.3 cm³/mol. The second kappa shape index (κ2) is 6.08. The molecule has 1 heterocycles. The minimum absolute atomic E-state index is 0.294. The zero-order valence-corrected chi connectivity index (χ0v) is 11.2. The highest BCUT2D eigenvalue weighted by Crippen LogP contribution is 2.39. The van der Waals surface area contributed by atoms with Gasteiger partial charge in [-0.3, -0.25) is 4.90 Å². The summed E-state index contributed by atoms with van der Waals surface area (Å²) in [5.74, 6) is -0.373. The predicted octanol–water partition coefficient (Wildman–Crippen LogP) is 0.954. The van der Waals surface area contributed by atoms with E-state index in [2.05, 4.69) is 10.2 Å². The molecule has 1 fully saturated rings. The van der Waals surface area contributed by atoms with E-state index in [1.807, 2.05) is 0 Å². The summed E-state index contributed by atoms with van der Waals surface area (Å²) in [5, 5.41) is 13.2. The number of methoxy groups -OCH3 is 2. The highest BCUT2D eigenvalue weighted by atomic mass is 19.1. The highest BCUT2D eigenvalue weighted by molar-refractivity contribution is 5.54. The lowest BCUT2D eigenvalue weighted by Crippen LogP contribution is -2.42. The van der Waals surface area contributed by atoms with Crippen LogP contribution in [0.5, 0.6) is 17.2 Å². The van der Waals surface area contributed by atoms with E-state index in [4.69, 9.17) is 9.47 Å². The van der Waals surface area contributed by atoms with Gasteiger partial charge in [-0.2, -0.15) is 0 Å². The molecule has 5 nitrogen and oxygen atoms in total. The van der Waals surface area contributed by atoms with E-state index in [9.17, 15) is 9.50 Å². The van der Waals surface area contributed by atoms with Crippen molar-refractivity contribution in [2.75, 3.05) is 40.4 Å². The van der Waals surface area contributed by atoms with Crippen molar-refractivity contribution in [2.24, 2.45) is 0 Å². The zero-order chi connectivity index (χ0) is 13.8. The van der Waals surface area contributed by atoms with Crippen LogP contribution in [0.2, 0.25) is 0 Å². The SMILES string of the molecule is COc1cc(F)c(O)c(CN2CCNCC2)c1OC. The Morgan fingerprint density at radius 1 is 1.32 bits per heavy atom. The molecule has 0 spiro atoms. The number of nitrogens with one attached hydrogen (secondary N) is 1.